The van der Waals surface area contributed by atoms with Gasteiger partial charge in [0.1, 0.15) is 0 Å². The Kier molecular flexibility index (Phi) is 3.77. The molecule has 0 spiro atoms. The summed E-state index contributed by atoms with van der Waals surface area (Å²) in [5.41, 5.74) is 1.87. The second kappa shape index (κ2) is 5.93. The van der Waals surface area contributed by atoms with Gasteiger partial charge in [-0.3, -0.25) is 9.78 Å². The number of fused-ring (bicyclic) bond motifs is 1. The Bertz CT molecular complexity index is 721. The molecule has 2 fully saturated rings. The summed E-state index contributed by atoms with van der Waals surface area (Å²) in [6, 6.07) is 10.4. The number of para-hydroxylation sites is 1. The molecule has 0 radical (unpaired) electrons. The van der Waals surface area contributed by atoms with Crippen molar-refractivity contribution in [2.24, 2.45) is 5.92 Å². The predicted octanol–water partition coefficient (Wildman–Crippen LogP) is 3.55. The van der Waals surface area contributed by atoms with Crippen LogP contribution < -0.4 is 4.90 Å². The number of aromatic nitrogens is 1. The third-order valence-corrected chi connectivity index (χ3v) is 5.24. The molecular weight excluding hydrogens is 288 g/mol. The Morgan fingerprint density at radius 3 is 2.74 bits per heavy atom. The van der Waals surface area contributed by atoms with Crippen molar-refractivity contribution in [2.75, 3.05) is 11.5 Å². The van der Waals surface area contributed by atoms with Crippen molar-refractivity contribution in [1.82, 2.24) is 4.98 Å². The number of hydrogen-bond acceptors (Lipinski definition) is 3. The number of ether oxygens (including phenoxy) is 1. The molecule has 0 bridgehead atoms. The Morgan fingerprint density at radius 2 is 2.04 bits per heavy atom. The maximum absolute atomic E-state index is 13.3. The van der Waals surface area contributed by atoms with Crippen molar-refractivity contribution in [3.8, 4) is 0 Å². The summed E-state index contributed by atoms with van der Waals surface area (Å²) in [5.74, 6) is 0.174. The molecule has 4 rings (SSSR count). The zero-order valence-corrected chi connectivity index (χ0v) is 13.4. The van der Waals surface area contributed by atoms with Gasteiger partial charge in [-0.15, -0.1) is 0 Å². The maximum atomic E-state index is 13.3. The summed E-state index contributed by atoms with van der Waals surface area (Å²) in [4.78, 5) is 19.8. The quantitative estimate of drug-likeness (QED) is 0.871. The fourth-order valence-electron chi connectivity index (χ4n) is 3.66. The van der Waals surface area contributed by atoms with Crippen molar-refractivity contribution in [3.05, 3.63) is 36.5 Å². The second-order valence-electron chi connectivity index (χ2n) is 6.62. The third kappa shape index (κ3) is 2.51. The number of carbonyl (C=O) groups is 1. The predicted molar refractivity (Wildman–Crippen MR) is 90.4 cm³/mol. The normalized spacial score (nSPS) is 24.6. The van der Waals surface area contributed by atoms with Gasteiger partial charge in [-0.1, -0.05) is 18.2 Å². The molecule has 4 nitrogen and oxygen atoms in total. The van der Waals surface area contributed by atoms with E-state index in [9.17, 15) is 4.79 Å². The smallest absolute Gasteiger partial charge is 0.233 e. The molecule has 2 aromatic rings. The van der Waals surface area contributed by atoms with E-state index in [-0.39, 0.29) is 17.9 Å². The van der Waals surface area contributed by atoms with Crippen LogP contribution in [0.1, 0.15) is 32.6 Å². The van der Waals surface area contributed by atoms with Gasteiger partial charge in [-0.05, 0) is 44.7 Å². The fourth-order valence-corrected chi connectivity index (χ4v) is 3.66. The van der Waals surface area contributed by atoms with Crippen LogP contribution in [-0.4, -0.2) is 29.6 Å². The van der Waals surface area contributed by atoms with Gasteiger partial charge < -0.3 is 9.64 Å². The lowest BCUT2D eigenvalue weighted by Crippen LogP contribution is -2.48. The highest BCUT2D eigenvalue weighted by Gasteiger charge is 2.39. The summed E-state index contributed by atoms with van der Waals surface area (Å²) < 4.78 is 5.63. The Labute approximate surface area is 136 Å². The summed E-state index contributed by atoms with van der Waals surface area (Å²) in [7, 11) is 0. The van der Waals surface area contributed by atoms with Crippen molar-refractivity contribution in [2.45, 2.75) is 44.8 Å². The lowest BCUT2D eigenvalue weighted by Gasteiger charge is -2.39. The number of rotatable bonds is 3. The molecular formula is C19H22N2O2. The number of anilines is 1. The van der Waals surface area contributed by atoms with Crippen LogP contribution in [-0.2, 0) is 9.53 Å². The minimum absolute atomic E-state index is 0.00742. The fraction of sp³-hybridized carbons (Fsp3) is 0.474. The molecule has 1 aliphatic heterocycles. The van der Waals surface area contributed by atoms with Crippen LogP contribution in [0.5, 0.6) is 0 Å². The van der Waals surface area contributed by atoms with Crippen LogP contribution in [0, 0.1) is 5.92 Å². The average molecular weight is 310 g/mol. The largest absolute Gasteiger partial charge is 0.378 e. The maximum Gasteiger partial charge on any atom is 0.233 e. The number of carbonyl (C=O) groups excluding carboxylic acids is 1. The van der Waals surface area contributed by atoms with Crippen LogP contribution >= 0.6 is 0 Å². The molecule has 0 N–H and O–H groups in total. The van der Waals surface area contributed by atoms with E-state index in [0.717, 1.165) is 35.9 Å². The third-order valence-electron chi connectivity index (χ3n) is 5.24. The minimum Gasteiger partial charge on any atom is -0.378 e. The molecule has 23 heavy (non-hydrogen) atoms. The van der Waals surface area contributed by atoms with Crippen molar-refractivity contribution in [1.29, 1.82) is 0 Å². The lowest BCUT2D eigenvalue weighted by atomic mass is 9.88. The Morgan fingerprint density at radius 1 is 1.22 bits per heavy atom. The SMILES string of the molecule is C[C@H]1OCC[C@@H]1C(=O)N(c1cccc2cccnc12)C1CCC1. The molecule has 1 aromatic heterocycles. The number of nitrogens with zero attached hydrogens (tertiary/aromatic N) is 2. The molecule has 1 saturated heterocycles. The number of hydrogen-bond donors (Lipinski definition) is 0. The molecule has 0 unspecified atom stereocenters. The molecule has 2 atom stereocenters. The zero-order chi connectivity index (χ0) is 15.8. The molecule has 1 aromatic carbocycles. The highest BCUT2D eigenvalue weighted by Crippen LogP contribution is 2.36. The van der Waals surface area contributed by atoms with E-state index in [1.165, 1.54) is 6.42 Å². The zero-order valence-electron chi connectivity index (χ0n) is 13.4. The summed E-state index contributed by atoms with van der Waals surface area (Å²) >= 11 is 0. The first kappa shape index (κ1) is 14.6. The number of benzene rings is 1. The molecule has 1 saturated carbocycles. The highest BCUT2D eigenvalue weighted by molar-refractivity contribution is 6.03. The van der Waals surface area contributed by atoms with Gasteiger partial charge in [0.25, 0.3) is 0 Å². The van der Waals surface area contributed by atoms with Crippen molar-refractivity contribution < 1.29 is 9.53 Å². The summed E-state index contributed by atoms with van der Waals surface area (Å²) in [6.07, 6.45) is 5.99. The minimum atomic E-state index is -0.0328. The van der Waals surface area contributed by atoms with Gasteiger partial charge >= 0.3 is 0 Å². The number of amides is 1. The van der Waals surface area contributed by atoms with E-state index >= 15 is 0 Å². The first-order chi connectivity index (χ1) is 11.3. The van der Waals surface area contributed by atoms with Gasteiger partial charge in [0.2, 0.25) is 5.91 Å². The molecule has 1 aliphatic carbocycles. The van der Waals surface area contributed by atoms with Crippen LogP contribution in [0.4, 0.5) is 5.69 Å². The first-order valence-electron chi connectivity index (χ1n) is 8.54. The first-order valence-corrected chi connectivity index (χ1v) is 8.54. The van der Waals surface area contributed by atoms with Gasteiger partial charge in [-0.25, -0.2) is 0 Å². The standard InChI is InChI=1S/C19H22N2O2/c1-13-16(10-12-23-13)19(22)21(15-7-3-8-15)17-9-2-5-14-6-4-11-20-18(14)17/h2,4-6,9,11,13,15-16H,3,7-8,10,12H2,1H3/t13-,16+/m1/s1. The average Bonchev–Trinajstić information content (AvgIpc) is 2.96. The molecule has 2 aliphatic rings. The van der Waals surface area contributed by atoms with Crippen LogP contribution in [0.15, 0.2) is 36.5 Å². The van der Waals surface area contributed by atoms with Crippen LogP contribution in [0.2, 0.25) is 0 Å². The van der Waals surface area contributed by atoms with Crippen LogP contribution in [0.3, 0.4) is 0 Å². The van der Waals surface area contributed by atoms with E-state index in [1.54, 1.807) is 6.20 Å². The molecule has 4 heteroatoms. The summed E-state index contributed by atoms with van der Waals surface area (Å²) in [6.45, 7) is 2.69. The second-order valence-corrected chi connectivity index (χ2v) is 6.62. The Balaban J connectivity index is 1.77. The monoisotopic (exact) mass is 310 g/mol. The van der Waals surface area contributed by atoms with Crippen LogP contribution in [0.25, 0.3) is 10.9 Å². The van der Waals surface area contributed by atoms with Gasteiger partial charge in [0.15, 0.2) is 0 Å². The van der Waals surface area contributed by atoms with Gasteiger partial charge in [0.05, 0.1) is 23.2 Å². The van der Waals surface area contributed by atoms with E-state index in [2.05, 4.69) is 17.1 Å². The van der Waals surface area contributed by atoms with E-state index in [0.29, 0.717) is 12.6 Å². The van der Waals surface area contributed by atoms with E-state index in [4.69, 9.17) is 4.74 Å². The van der Waals surface area contributed by atoms with Crippen molar-refractivity contribution in [3.63, 3.8) is 0 Å². The molecule has 2 heterocycles. The van der Waals surface area contributed by atoms with Crippen molar-refractivity contribution >= 4 is 22.5 Å². The van der Waals surface area contributed by atoms with Gasteiger partial charge in [-0.2, -0.15) is 0 Å². The topological polar surface area (TPSA) is 42.4 Å². The lowest BCUT2D eigenvalue weighted by molar-refractivity contribution is -0.124. The van der Waals surface area contributed by atoms with E-state index in [1.807, 2.05) is 30.0 Å². The molecule has 120 valence electrons. The molecule has 1 amide bonds. The highest BCUT2D eigenvalue weighted by atomic mass is 16.5. The van der Waals surface area contributed by atoms with Gasteiger partial charge in [0, 0.05) is 24.2 Å². The Hall–Kier alpha value is -1.94. The number of pyridine rings is 1. The summed E-state index contributed by atoms with van der Waals surface area (Å²) in [5, 5.41) is 1.08. The van der Waals surface area contributed by atoms with E-state index < -0.39 is 0 Å².